The first-order chi connectivity index (χ1) is 10.6. The number of hydrogen-bond donors (Lipinski definition) is 2. The van der Waals surface area contributed by atoms with Crippen molar-refractivity contribution >= 4 is 11.8 Å². The third-order valence-electron chi connectivity index (χ3n) is 3.43. The molecule has 0 aliphatic carbocycles. The Morgan fingerprint density at radius 3 is 2.36 bits per heavy atom. The molecule has 0 atom stereocenters. The Hall–Kier alpha value is -2.56. The van der Waals surface area contributed by atoms with Gasteiger partial charge in [-0.3, -0.25) is 0 Å². The predicted octanol–water partition coefficient (Wildman–Crippen LogP) is 2.46. The molecule has 0 aliphatic rings. The number of carbonyl (C=O) groups is 1. The van der Waals surface area contributed by atoms with Crippen molar-refractivity contribution in [3.63, 3.8) is 0 Å². The first-order valence-corrected chi connectivity index (χ1v) is 7.25. The molecule has 0 saturated heterocycles. The lowest BCUT2D eigenvalue weighted by Crippen LogP contribution is -2.35. The summed E-state index contributed by atoms with van der Waals surface area (Å²) in [5.74, 6) is 0.863. The minimum Gasteiger partial charge on any atom is -0.362 e. The number of carbonyl (C=O) groups excluding carboxylic acids is 1. The van der Waals surface area contributed by atoms with E-state index in [4.69, 9.17) is 0 Å². The van der Waals surface area contributed by atoms with Crippen LogP contribution in [0.4, 0.5) is 10.6 Å². The second-order valence-corrected chi connectivity index (χ2v) is 5.34. The van der Waals surface area contributed by atoms with Crippen LogP contribution in [0, 0.1) is 6.92 Å². The highest BCUT2D eigenvalue weighted by atomic mass is 16.2. The summed E-state index contributed by atoms with van der Waals surface area (Å²) in [6.07, 6.45) is 1.75. The Balaban J connectivity index is 1.87. The van der Waals surface area contributed by atoms with E-state index in [0.29, 0.717) is 13.1 Å². The molecular weight excluding hydrogens is 276 g/mol. The molecule has 0 unspecified atom stereocenters. The van der Waals surface area contributed by atoms with Crippen molar-refractivity contribution in [2.45, 2.75) is 20.0 Å². The Labute approximate surface area is 131 Å². The molecule has 2 N–H and O–H groups in total. The largest absolute Gasteiger partial charge is 0.362 e. The van der Waals surface area contributed by atoms with Crippen LogP contribution in [-0.2, 0) is 13.1 Å². The molecule has 5 heteroatoms. The highest BCUT2D eigenvalue weighted by Gasteiger charge is 2.07. The summed E-state index contributed by atoms with van der Waals surface area (Å²) in [7, 11) is 3.87. The number of anilines is 1. The quantitative estimate of drug-likeness (QED) is 0.891. The summed E-state index contributed by atoms with van der Waals surface area (Å²) >= 11 is 0. The van der Waals surface area contributed by atoms with Crippen LogP contribution in [0.5, 0.6) is 0 Å². The van der Waals surface area contributed by atoms with Gasteiger partial charge in [0.05, 0.1) is 0 Å². The normalized spacial score (nSPS) is 10.1. The molecule has 2 rings (SSSR count). The number of urea groups is 1. The average Bonchev–Trinajstić information content (AvgIpc) is 2.52. The van der Waals surface area contributed by atoms with Gasteiger partial charge in [0, 0.05) is 38.9 Å². The molecule has 0 fully saturated rings. The highest BCUT2D eigenvalue weighted by molar-refractivity contribution is 5.74. The molecule has 1 heterocycles. The Morgan fingerprint density at radius 1 is 1.05 bits per heavy atom. The van der Waals surface area contributed by atoms with Gasteiger partial charge in [-0.05, 0) is 24.1 Å². The van der Waals surface area contributed by atoms with Crippen molar-refractivity contribution in [3.8, 4) is 0 Å². The van der Waals surface area contributed by atoms with Gasteiger partial charge < -0.3 is 15.5 Å². The molecule has 0 aliphatic heterocycles. The second kappa shape index (κ2) is 7.45. The zero-order valence-corrected chi connectivity index (χ0v) is 13.3. The molecule has 116 valence electrons. The van der Waals surface area contributed by atoms with Crippen LogP contribution < -0.4 is 15.5 Å². The minimum atomic E-state index is -0.184. The molecular formula is C17H22N4O. The topological polar surface area (TPSA) is 57.3 Å². The third kappa shape index (κ3) is 4.22. The Bertz CT molecular complexity index is 640. The molecule has 2 amide bonds. The first kappa shape index (κ1) is 15.8. The fourth-order valence-electron chi connectivity index (χ4n) is 2.19. The summed E-state index contributed by atoms with van der Waals surface area (Å²) in [5, 5.41) is 5.74. The molecule has 1 aromatic carbocycles. The van der Waals surface area contributed by atoms with Gasteiger partial charge in [0.2, 0.25) is 0 Å². The van der Waals surface area contributed by atoms with Crippen LogP contribution in [0.25, 0.3) is 0 Å². The van der Waals surface area contributed by atoms with Crippen molar-refractivity contribution in [1.29, 1.82) is 0 Å². The lowest BCUT2D eigenvalue weighted by Gasteiger charge is -2.16. The zero-order valence-electron chi connectivity index (χ0n) is 13.3. The van der Waals surface area contributed by atoms with Crippen molar-refractivity contribution in [2.24, 2.45) is 0 Å². The van der Waals surface area contributed by atoms with E-state index in [1.165, 1.54) is 5.56 Å². The molecule has 0 bridgehead atoms. The van der Waals surface area contributed by atoms with E-state index in [9.17, 15) is 4.79 Å². The maximum absolute atomic E-state index is 11.9. The van der Waals surface area contributed by atoms with Gasteiger partial charge >= 0.3 is 6.03 Å². The van der Waals surface area contributed by atoms with Gasteiger partial charge in [0.25, 0.3) is 0 Å². The van der Waals surface area contributed by atoms with E-state index in [1.54, 1.807) is 6.20 Å². The van der Waals surface area contributed by atoms with Gasteiger partial charge in [0.1, 0.15) is 5.82 Å². The van der Waals surface area contributed by atoms with Crippen LogP contribution in [0.3, 0.4) is 0 Å². The number of aryl methyl sites for hydroxylation is 1. The van der Waals surface area contributed by atoms with Gasteiger partial charge in [-0.15, -0.1) is 0 Å². The van der Waals surface area contributed by atoms with E-state index in [1.807, 2.05) is 62.3 Å². The summed E-state index contributed by atoms with van der Waals surface area (Å²) in [6.45, 7) is 3.00. The van der Waals surface area contributed by atoms with Crippen LogP contribution >= 0.6 is 0 Å². The van der Waals surface area contributed by atoms with Crippen LogP contribution in [-0.4, -0.2) is 25.1 Å². The predicted molar refractivity (Wildman–Crippen MR) is 88.8 cm³/mol. The SMILES string of the molecule is Cc1ccccc1CNC(=O)NCc1cccnc1N(C)C. The molecule has 1 aromatic heterocycles. The fraction of sp³-hybridized carbons (Fsp3) is 0.294. The standard InChI is InChI=1S/C17H22N4O/c1-13-7-4-5-8-14(13)11-19-17(22)20-12-15-9-6-10-18-16(15)21(2)3/h4-10H,11-12H2,1-3H3,(H2,19,20,22). The molecule has 0 spiro atoms. The number of benzene rings is 1. The van der Waals surface area contributed by atoms with E-state index < -0.39 is 0 Å². The summed E-state index contributed by atoms with van der Waals surface area (Å²) in [6, 6.07) is 11.7. The molecule has 5 nitrogen and oxygen atoms in total. The maximum Gasteiger partial charge on any atom is 0.315 e. The van der Waals surface area contributed by atoms with Gasteiger partial charge in [-0.2, -0.15) is 0 Å². The number of aromatic nitrogens is 1. The number of rotatable bonds is 5. The van der Waals surface area contributed by atoms with E-state index in [2.05, 4.69) is 15.6 Å². The number of nitrogens with zero attached hydrogens (tertiary/aromatic N) is 2. The average molecular weight is 298 g/mol. The van der Waals surface area contributed by atoms with Crippen LogP contribution in [0.1, 0.15) is 16.7 Å². The van der Waals surface area contributed by atoms with Crippen molar-refractivity contribution in [3.05, 3.63) is 59.3 Å². The third-order valence-corrected chi connectivity index (χ3v) is 3.43. The summed E-state index contributed by atoms with van der Waals surface area (Å²) in [5.41, 5.74) is 3.27. The van der Waals surface area contributed by atoms with Gasteiger partial charge in [-0.25, -0.2) is 9.78 Å². The van der Waals surface area contributed by atoms with Crippen molar-refractivity contribution in [2.75, 3.05) is 19.0 Å². The van der Waals surface area contributed by atoms with E-state index >= 15 is 0 Å². The Morgan fingerprint density at radius 2 is 1.68 bits per heavy atom. The number of amides is 2. The summed E-state index contributed by atoms with van der Waals surface area (Å²) < 4.78 is 0. The zero-order chi connectivity index (χ0) is 15.9. The second-order valence-electron chi connectivity index (χ2n) is 5.34. The van der Waals surface area contributed by atoms with Crippen LogP contribution in [0.15, 0.2) is 42.6 Å². The first-order valence-electron chi connectivity index (χ1n) is 7.25. The Kier molecular flexibility index (Phi) is 5.36. The van der Waals surface area contributed by atoms with Gasteiger partial charge in [-0.1, -0.05) is 30.3 Å². The van der Waals surface area contributed by atoms with Crippen molar-refractivity contribution in [1.82, 2.24) is 15.6 Å². The molecule has 22 heavy (non-hydrogen) atoms. The van der Waals surface area contributed by atoms with Gasteiger partial charge in [0.15, 0.2) is 0 Å². The maximum atomic E-state index is 11.9. The van der Waals surface area contributed by atoms with Crippen molar-refractivity contribution < 1.29 is 4.79 Å². The minimum absolute atomic E-state index is 0.184. The smallest absolute Gasteiger partial charge is 0.315 e. The molecule has 2 aromatic rings. The lowest BCUT2D eigenvalue weighted by molar-refractivity contribution is 0.240. The number of pyridine rings is 1. The number of nitrogens with one attached hydrogen (secondary N) is 2. The van der Waals surface area contributed by atoms with E-state index in [-0.39, 0.29) is 6.03 Å². The fourth-order valence-corrected chi connectivity index (χ4v) is 2.19. The monoisotopic (exact) mass is 298 g/mol. The number of hydrogen-bond acceptors (Lipinski definition) is 3. The lowest BCUT2D eigenvalue weighted by atomic mass is 10.1. The molecule has 0 radical (unpaired) electrons. The summed E-state index contributed by atoms with van der Waals surface area (Å²) in [4.78, 5) is 18.2. The highest BCUT2D eigenvalue weighted by Crippen LogP contribution is 2.13. The van der Waals surface area contributed by atoms with Crippen LogP contribution in [0.2, 0.25) is 0 Å². The molecule has 0 saturated carbocycles. The van der Waals surface area contributed by atoms with E-state index in [0.717, 1.165) is 16.9 Å².